The molecular weight excluding hydrogens is 216 g/mol. The van der Waals surface area contributed by atoms with Crippen molar-refractivity contribution in [3.63, 3.8) is 0 Å². The lowest BCUT2D eigenvalue weighted by Crippen LogP contribution is -2.54. The van der Waals surface area contributed by atoms with E-state index in [1.807, 2.05) is 0 Å². The quantitative estimate of drug-likeness (QED) is 0.780. The van der Waals surface area contributed by atoms with Gasteiger partial charge in [-0.15, -0.1) is 0 Å². The Morgan fingerprint density at radius 3 is 2.65 bits per heavy atom. The number of hydrogen-bond donors (Lipinski definition) is 1. The van der Waals surface area contributed by atoms with E-state index in [2.05, 4.69) is 9.80 Å². The predicted molar refractivity (Wildman–Crippen MR) is 64.9 cm³/mol. The predicted octanol–water partition coefficient (Wildman–Crippen LogP) is 1.02. The molecule has 0 bridgehead atoms. The smallest absolute Gasteiger partial charge is 0.308 e. The van der Waals surface area contributed by atoms with Gasteiger partial charge < -0.3 is 5.11 Å². The van der Waals surface area contributed by atoms with Gasteiger partial charge in [0.25, 0.3) is 0 Å². The fourth-order valence-corrected chi connectivity index (χ4v) is 3.98. The van der Waals surface area contributed by atoms with Crippen molar-refractivity contribution in [2.75, 3.05) is 26.2 Å². The number of carbonyl (C=O) groups is 1. The Hall–Kier alpha value is -0.610. The van der Waals surface area contributed by atoms with Crippen LogP contribution in [0.4, 0.5) is 0 Å². The maximum atomic E-state index is 11.2. The number of rotatable bonds is 2. The maximum Gasteiger partial charge on any atom is 0.308 e. The minimum Gasteiger partial charge on any atom is -0.481 e. The summed E-state index contributed by atoms with van der Waals surface area (Å²) in [6, 6.07) is 1.02. The van der Waals surface area contributed by atoms with Crippen LogP contribution in [-0.4, -0.2) is 59.1 Å². The largest absolute Gasteiger partial charge is 0.481 e. The molecule has 0 aromatic heterocycles. The summed E-state index contributed by atoms with van der Waals surface area (Å²) in [6.07, 6.45) is 5.69. The second-order valence-corrected chi connectivity index (χ2v) is 5.77. The first-order valence-corrected chi connectivity index (χ1v) is 6.96. The number of carboxylic acid groups (broad SMARTS) is 1. The lowest BCUT2D eigenvalue weighted by atomic mass is 10.0. The molecular formula is C13H22N2O2. The van der Waals surface area contributed by atoms with Gasteiger partial charge in [0.05, 0.1) is 5.92 Å². The number of aliphatic carboxylic acids is 1. The Morgan fingerprint density at radius 2 is 1.82 bits per heavy atom. The van der Waals surface area contributed by atoms with Gasteiger partial charge in [-0.3, -0.25) is 14.6 Å². The van der Waals surface area contributed by atoms with Gasteiger partial charge in [0.15, 0.2) is 0 Å². The summed E-state index contributed by atoms with van der Waals surface area (Å²) in [7, 11) is 0. The molecule has 3 aliphatic rings. The van der Waals surface area contributed by atoms with Gasteiger partial charge in [0.1, 0.15) is 0 Å². The average molecular weight is 238 g/mol. The van der Waals surface area contributed by atoms with Crippen LogP contribution in [0.2, 0.25) is 0 Å². The highest BCUT2D eigenvalue weighted by atomic mass is 16.4. The molecule has 1 saturated carbocycles. The van der Waals surface area contributed by atoms with Gasteiger partial charge in [-0.1, -0.05) is 6.42 Å². The number of piperazine rings is 1. The van der Waals surface area contributed by atoms with Crippen LogP contribution in [0, 0.1) is 5.92 Å². The third-order valence-corrected chi connectivity index (χ3v) is 4.88. The zero-order chi connectivity index (χ0) is 11.8. The van der Waals surface area contributed by atoms with Gasteiger partial charge >= 0.3 is 5.97 Å². The van der Waals surface area contributed by atoms with Crippen molar-refractivity contribution in [1.29, 1.82) is 0 Å². The lowest BCUT2D eigenvalue weighted by Gasteiger charge is -2.41. The molecule has 4 heteroatoms. The van der Waals surface area contributed by atoms with Crippen molar-refractivity contribution < 1.29 is 9.90 Å². The van der Waals surface area contributed by atoms with E-state index in [0.717, 1.165) is 38.9 Å². The van der Waals surface area contributed by atoms with Crippen molar-refractivity contribution in [1.82, 2.24) is 9.80 Å². The monoisotopic (exact) mass is 238 g/mol. The molecule has 17 heavy (non-hydrogen) atoms. The SMILES string of the molecule is O=C(O)C1CCCC1N1CCN2CCCC2C1. The summed E-state index contributed by atoms with van der Waals surface area (Å²) in [4.78, 5) is 16.3. The number of hydrogen-bond acceptors (Lipinski definition) is 3. The van der Waals surface area contributed by atoms with Gasteiger partial charge in [-0.2, -0.15) is 0 Å². The maximum absolute atomic E-state index is 11.2. The zero-order valence-corrected chi connectivity index (χ0v) is 10.3. The first-order valence-electron chi connectivity index (χ1n) is 6.96. The average Bonchev–Trinajstić information content (AvgIpc) is 2.96. The molecule has 0 spiro atoms. The van der Waals surface area contributed by atoms with Gasteiger partial charge in [-0.05, 0) is 32.2 Å². The Balaban J connectivity index is 1.66. The fraction of sp³-hybridized carbons (Fsp3) is 0.923. The lowest BCUT2D eigenvalue weighted by molar-refractivity contribution is -0.143. The van der Waals surface area contributed by atoms with Crippen LogP contribution in [-0.2, 0) is 4.79 Å². The first kappa shape index (κ1) is 11.5. The Morgan fingerprint density at radius 1 is 1.00 bits per heavy atom. The molecule has 1 N–H and O–H groups in total. The second-order valence-electron chi connectivity index (χ2n) is 5.77. The minimum absolute atomic E-state index is 0.108. The molecule has 2 aliphatic heterocycles. The Kier molecular flexibility index (Phi) is 3.09. The van der Waals surface area contributed by atoms with Crippen LogP contribution in [0.25, 0.3) is 0 Å². The molecule has 0 aromatic carbocycles. The summed E-state index contributed by atoms with van der Waals surface area (Å²) < 4.78 is 0. The van der Waals surface area contributed by atoms with Crippen molar-refractivity contribution in [3.05, 3.63) is 0 Å². The summed E-state index contributed by atoms with van der Waals surface area (Å²) in [5.41, 5.74) is 0. The third kappa shape index (κ3) is 2.08. The molecule has 96 valence electrons. The van der Waals surface area contributed by atoms with Crippen molar-refractivity contribution >= 4 is 5.97 Å². The molecule has 2 saturated heterocycles. The summed E-state index contributed by atoms with van der Waals surface area (Å²) >= 11 is 0. The summed E-state index contributed by atoms with van der Waals surface area (Å²) in [5.74, 6) is -0.690. The van der Waals surface area contributed by atoms with E-state index < -0.39 is 5.97 Å². The van der Waals surface area contributed by atoms with Crippen molar-refractivity contribution in [3.8, 4) is 0 Å². The third-order valence-electron chi connectivity index (χ3n) is 4.88. The van der Waals surface area contributed by atoms with Crippen LogP contribution in [0.3, 0.4) is 0 Å². The van der Waals surface area contributed by atoms with Gasteiger partial charge in [-0.25, -0.2) is 0 Å². The van der Waals surface area contributed by atoms with E-state index in [1.165, 1.54) is 19.4 Å². The molecule has 1 aliphatic carbocycles. The minimum atomic E-state index is -0.582. The highest BCUT2D eigenvalue weighted by Gasteiger charge is 2.40. The summed E-state index contributed by atoms with van der Waals surface area (Å²) in [5, 5.41) is 9.26. The van der Waals surface area contributed by atoms with Crippen molar-refractivity contribution in [2.45, 2.75) is 44.2 Å². The summed E-state index contributed by atoms with van der Waals surface area (Å²) in [6.45, 7) is 4.58. The second kappa shape index (κ2) is 4.58. The molecule has 0 amide bonds. The van der Waals surface area contributed by atoms with E-state index in [9.17, 15) is 9.90 Å². The molecule has 0 aromatic rings. The Labute approximate surface area is 103 Å². The van der Waals surface area contributed by atoms with Crippen LogP contribution in [0.1, 0.15) is 32.1 Å². The standard InChI is InChI=1S/C13H22N2O2/c16-13(17)11-4-1-5-12(11)15-8-7-14-6-2-3-10(14)9-15/h10-12H,1-9H2,(H,16,17). The molecule has 4 nitrogen and oxygen atoms in total. The van der Waals surface area contributed by atoms with E-state index >= 15 is 0 Å². The first-order chi connectivity index (χ1) is 8.25. The molecule has 0 radical (unpaired) electrons. The molecule has 3 rings (SSSR count). The van der Waals surface area contributed by atoms with Gasteiger partial charge in [0.2, 0.25) is 0 Å². The highest BCUT2D eigenvalue weighted by molar-refractivity contribution is 5.71. The van der Waals surface area contributed by atoms with E-state index in [4.69, 9.17) is 0 Å². The van der Waals surface area contributed by atoms with E-state index in [0.29, 0.717) is 12.1 Å². The van der Waals surface area contributed by atoms with E-state index in [-0.39, 0.29) is 5.92 Å². The number of fused-ring (bicyclic) bond motifs is 1. The van der Waals surface area contributed by atoms with Crippen LogP contribution in [0.15, 0.2) is 0 Å². The number of nitrogens with zero attached hydrogens (tertiary/aromatic N) is 2. The zero-order valence-electron chi connectivity index (χ0n) is 10.3. The molecule has 3 fully saturated rings. The Bertz CT molecular complexity index is 308. The van der Waals surface area contributed by atoms with Crippen LogP contribution in [0.5, 0.6) is 0 Å². The fourth-order valence-electron chi connectivity index (χ4n) is 3.98. The topological polar surface area (TPSA) is 43.8 Å². The van der Waals surface area contributed by atoms with Crippen LogP contribution >= 0.6 is 0 Å². The van der Waals surface area contributed by atoms with E-state index in [1.54, 1.807) is 0 Å². The van der Waals surface area contributed by atoms with Gasteiger partial charge in [0, 0.05) is 31.7 Å². The normalized spacial score (nSPS) is 39.4. The highest BCUT2D eigenvalue weighted by Crippen LogP contribution is 2.33. The van der Waals surface area contributed by atoms with Crippen molar-refractivity contribution in [2.24, 2.45) is 5.92 Å². The molecule has 2 heterocycles. The molecule has 3 atom stereocenters. The van der Waals surface area contributed by atoms with Crippen LogP contribution < -0.4 is 0 Å². The number of carboxylic acids is 1. The molecule has 3 unspecified atom stereocenters.